The van der Waals surface area contributed by atoms with Crippen LogP contribution in [0.5, 0.6) is 0 Å². The van der Waals surface area contributed by atoms with E-state index in [-0.39, 0.29) is 5.37 Å². The van der Waals surface area contributed by atoms with E-state index in [2.05, 4.69) is 22.5 Å². The molecular formula is C12H13ClN4S. The number of fused-ring (bicyclic) bond motifs is 1. The first kappa shape index (κ1) is 11.9. The van der Waals surface area contributed by atoms with Crippen molar-refractivity contribution in [3.05, 3.63) is 40.7 Å². The van der Waals surface area contributed by atoms with E-state index in [0.717, 1.165) is 28.8 Å². The first-order valence-electron chi connectivity index (χ1n) is 5.91. The summed E-state index contributed by atoms with van der Waals surface area (Å²) < 4.78 is 1.99. The number of hydrogen-bond donors (Lipinski definition) is 1. The van der Waals surface area contributed by atoms with Gasteiger partial charge < -0.3 is 5.43 Å². The summed E-state index contributed by atoms with van der Waals surface area (Å²) in [6.45, 7) is 2.14. The van der Waals surface area contributed by atoms with Crippen molar-refractivity contribution in [2.45, 2.75) is 30.3 Å². The summed E-state index contributed by atoms with van der Waals surface area (Å²) >= 11 is 7.58. The molecule has 0 saturated heterocycles. The summed E-state index contributed by atoms with van der Waals surface area (Å²) in [5.74, 6) is 0.997. The molecule has 1 aliphatic rings. The number of aryl methyl sites for hydroxylation is 1. The van der Waals surface area contributed by atoms with Crippen molar-refractivity contribution in [1.82, 2.24) is 14.9 Å². The Labute approximate surface area is 115 Å². The summed E-state index contributed by atoms with van der Waals surface area (Å²) in [4.78, 5) is 0. The number of nitrogens with one attached hydrogen (secondary N) is 1. The quantitative estimate of drug-likeness (QED) is 0.937. The second kappa shape index (κ2) is 4.82. The highest BCUT2D eigenvalue weighted by Crippen LogP contribution is 2.38. The van der Waals surface area contributed by atoms with Crippen molar-refractivity contribution < 1.29 is 0 Å². The predicted octanol–water partition coefficient (Wildman–Crippen LogP) is 3.23. The zero-order chi connectivity index (χ0) is 12.5. The van der Waals surface area contributed by atoms with Gasteiger partial charge in [0.2, 0.25) is 5.16 Å². The number of thioether (sulfide) groups is 1. The van der Waals surface area contributed by atoms with Crippen molar-refractivity contribution in [2.24, 2.45) is 0 Å². The molecule has 1 aromatic heterocycles. The number of rotatable bonds is 3. The molecule has 2 heterocycles. The van der Waals surface area contributed by atoms with E-state index in [1.165, 1.54) is 5.56 Å². The van der Waals surface area contributed by atoms with Gasteiger partial charge in [0, 0.05) is 11.4 Å². The van der Waals surface area contributed by atoms with Gasteiger partial charge in [-0.25, -0.2) is 4.68 Å². The van der Waals surface area contributed by atoms with Gasteiger partial charge in [-0.2, -0.15) is 0 Å². The van der Waals surface area contributed by atoms with E-state index in [1.54, 1.807) is 11.8 Å². The Morgan fingerprint density at radius 1 is 1.33 bits per heavy atom. The standard InChI is InChI=1S/C12H13ClN4S/c1-2-3-10-14-15-12-17(10)16-11(18-12)8-4-6-9(13)7-5-8/h4-7,11,16H,2-3H2,1H3/t11-/m1/s1. The normalized spacial score (nSPS) is 17.6. The van der Waals surface area contributed by atoms with Crippen LogP contribution in [0.1, 0.15) is 30.1 Å². The van der Waals surface area contributed by atoms with Gasteiger partial charge in [0.25, 0.3) is 0 Å². The topological polar surface area (TPSA) is 42.7 Å². The van der Waals surface area contributed by atoms with E-state index in [1.807, 2.05) is 28.9 Å². The lowest BCUT2D eigenvalue weighted by Gasteiger charge is -2.11. The maximum Gasteiger partial charge on any atom is 0.212 e. The van der Waals surface area contributed by atoms with Crippen molar-refractivity contribution in [3.8, 4) is 0 Å². The molecule has 0 radical (unpaired) electrons. The van der Waals surface area contributed by atoms with Crippen LogP contribution in [0.15, 0.2) is 29.4 Å². The molecule has 0 saturated carbocycles. The number of benzene rings is 1. The first-order valence-corrected chi connectivity index (χ1v) is 7.16. The van der Waals surface area contributed by atoms with E-state index in [4.69, 9.17) is 11.6 Å². The van der Waals surface area contributed by atoms with Crippen molar-refractivity contribution in [2.75, 3.05) is 5.43 Å². The number of hydrogen-bond acceptors (Lipinski definition) is 4. The molecule has 1 N–H and O–H groups in total. The van der Waals surface area contributed by atoms with Crippen molar-refractivity contribution >= 4 is 23.4 Å². The monoisotopic (exact) mass is 280 g/mol. The highest BCUT2D eigenvalue weighted by molar-refractivity contribution is 7.99. The van der Waals surface area contributed by atoms with Crippen LogP contribution in [0.2, 0.25) is 5.02 Å². The molecule has 1 aliphatic heterocycles. The summed E-state index contributed by atoms with van der Waals surface area (Å²) in [7, 11) is 0. The first-order chi connectivity index (χ1) is 8.78. The molecular weight excluding hydrogens is 268 g/mol. The summed E-state index contributed by atoms with van der Waals surface area (Å²) in [6, 6.07) is 7.88. The Kier molecular flexibility index (Phi) is 3.18. The lowest BCUT2D eigenvalue weighted by Crippen LogP contribution is -2.15. The molecule has 0 fully saturated rings. The molecule has 1 aromatic carbocycles. The van der Waals surface area contributed by atoms with Crippen molar-refractivity contribution in [1.29, 1.82) is 0 Å². The van der Waals surface area contributed by atoms with Gasteiger partial charge >= 0.3 is 0 Å². The minimum atomic E-state index is 0.184. The van der Waals surface area contributed by atoms with Gasteiger partial charge in [0.1, 0.15) is 5.37 Å². The zero-order valence-electron chi connectivity index (χ0n) is 9.93. The Bertz CT molecular complexity index is 552. The van der Waals surface area contributed by atoms with Crippen LogP contribution in [0.25, 0.3) is 0 Å². The van der Waals surface area contributed by atoms with Crippen LogP contribution in [0.4, 0.5) is 0 Å². The summed E-state index contributed by atoms with van der Waals surface area (Å²) in [5.41, 5.74) is 4.61. The van der Waals surface area contributed by atoms with Gasteiger partial charge in [0.05, 0.1) is 0 Å². The van der Waals surface area contributed by atoms with Gasteiger partial charge in [-0.05, 0) is 24.1 Å². The molecule has 6 heteroatoms. The third-order valence-electron chi connectivity index (χ3n) is 2.82. The fourth-order valence-electron chi connectivity index (χ4n) is 1.92. The third-order valence-corrected chi connectivity index (χ3v) is 4.16. The molecule has 3 rings (SSSR count). The Morgan fingerprint density at radius 3 is 2.83 bits per heavy atom. The molecule has 0 spiro atoms. The molecule has 0 aliphatic carbocycles. The largest absolute Gasteiger partial charge is 0.304 e. The van der Waals surface area contributed by atoms with Crippen LogP contribution in [-0.4, -0.2) is 14.9 Å². The highest BCUT2D eigenvalue weighted by Gasteiger charge is 2.26. The third kappa shape index (κ3) is 2.08. The van der Waals surface area contributed by atoms with Crippen molar-refractivity contribution in [3.63, 3.8) is 0 Å². The Morgan fingerprint density at radius 2 is 2.11 bits per heavy atom. The second-order valence-electron chi connectivity index (χ2n) is 4.16. The van der Waals surface area contributed by atoms with E-state index < -0.39 is 0 Å². The minimum absolute atomic E-state index is 0.184. The summed E-state index contributed by atoms with van der Waals surface area (Å²) in [5, 5.41) is 10.2. The molecule has 2 aromatic rings. The number of halogens is 1. The number of aromatic nitrogens is 3. The lowest BCUT2D eigenvalue weighted by molar-refractivity contribution is 0.714. The Hall–Kier alpha value is -1.20. The highest BCUT2D eigenvalue weighted by atomic mass is 35.5. The maximum absolute atomic E-state index is 5.90. The SMILES string of the molecule is CCCc1nnc2n1N[C@@H](c1ccc(Cl)cc1)S2. The van der Waals surface area contributed by atoms with Gasteiger partial charge in [-0.3, -0.25) is 0 Å². The maximum atomic E-state index is 5.90. The molecule has 1 atom stereocenters. The molecule has 18 heavy (non-hydrogen) atoms. The van der Waals surface area contributed by atoms with Gasteiger partial charge in [-0.1, -0.05) is 42.4 Å². The lowest BCUT2D eigenvalue weighted by atomic mass is 10.2. The number of nitrogens with zero attached hydrogens (tertiary/aromatic N) is 3. The van der Waals surface area contributed by atoms with Gasteiger partial charge in [0.15, 0.2) is 5.82 Å². The molecule has 94 valence electrons. The average Bonchev–Trinajstić information content (AvgIpc) is 2.93. The van der Waals surface area contributed by atoms with Crippen LogP contribution < -0.4 is 5.43 Å². The molecule has 4 nitrogen and oxygen atoms in total. The van der Waals surface area contributed by atoms with Crippen LogP contribution in [-0.2, 0) is 6.42 Å². The van der Waals surface area contributed by atoms with Crippen LogP contribution >= 0.6 is 23.4 Å². The Balaban J connectivity index is 1.82. The zero-order valence-corrected chi connectivity index (χ0v) is 11.5. The predicted molar refractivity (Wildman–Crippen MR) is 73.4 cm³/mol. The molecule has 0 unspecified atom stereocenters. The average molecular weight is 281 g/mol. The fourth-order valence-corrected chi connectivity index (χ4v) is 3.06. The van der Waals surface area contributed by atoms with Gasteiger partial charge in [-0.15, -0.1) is 10.2 Å². The van der Waals surface area contributed by atoms with E-state index in [0.29, 0.717) is 0 Å². The summed E-state index contributed by atoms with van der Waals surface area (Å²) in [6.07, 6.45) is 2.00. The van der Waals surface area contributed by atoms with E-state index >= 15 is 0 Å². The van der Waals surface area contributed by atoms with E-state index in [9.17, 15) is 0 Å². The van der Waals surface area contributed by atoms with Crippen LogP contribution in [0.3, 0.4) is 0 Å². The molecule has 0 amide bonds. The fraction of sp³-hybridized carbons (Fsp3) is 0.333. The van der Waals surface area contributed by atoms with Crippen LogP contribution in [0, 0.1) is 0 Å². The smallest absolute Gasteiger partial charge is 0.212 e. The molecule has 0 bridgehead atoms. The minimum Gasteiger partial charge on any atom is -0.304 e. The second-order valence-corrected chi connectivity index (χ2v) is 5.67.